The van der Waals surface area contributed by atoms with Crippen molar-refractivity contribution in [2.75, 3.05) is 13.7 Å². The number of hydrogen-bond donors (Lipinski definition) is 1. The summed E-state index contributed by atoms with van der Waals surface area (Å²) in [6, 6.07) is 3.94. The van der Waals surface area contributed by atoms with E-state index < -0.39 is 6.09 Å². The Balaban J connectivity index is 1.92. The van der Waals surface area contributed by atoms with Crippen LogP contribution in [0, 0.1) is 0 Å². The van der Waals surface area contributed by atoms with Crippen molar-refractivity contribution in [2.24, 2.45) is 0 Å². The van der Waals surface area contributed by atoms with E-state index >= 15 is 0 Å². The Morgan fingerprint density at radius 2 is 2.29 bits per heavy atom. The molecule has 1 aromatic carbocycles. The van der Waals surface area contributed by atoms with Crippen LogP contribution in [0.4, 0.5) is 4.79 Å². The Kier molecular flexibility index (Phi) is 5.32. The number of aromatic nitrogens is 2. The molecule has 6 nitrogen and oxygen atoms in total. The van der Waals surface area contributed by atoms with Crippen LogP contribution >= 0.6 is 27.5 Å². The molecule has 1 saturated carbocycles. The normalized spacial score (nSPS) is 14.3. The summed E-state index contributed by atoms with van der Waals surface area (Å²) in [6.45, 7) is 1.71. The summed E-state index contributed by atoms with van der Waals surface area (Å²) in [5.41, 5.74) is 1.78. The number of ether oxygens (including phenoxy) is 1. The number of carboxylic acid groups (broad SMARTS) is 1. The lowest BCUT2D eigenvalue weighted by Gasteiger charge is -2.19. The molecule has 24 heavy (non-hydrogen) atoms. The number of rotatable bonds is 7. The maximum Gasteiger partial charge on any atom is 0.407 e. The van der Waals surface area contributed by atoms with Crippen molar-refractivity contribution in [2.45, 2.75) is 38.4 Å². The van der Waals surface area contributed by atoms with E-state index in [0.29, 0.717) is 29.3 Å². The van der Waals surface area contributed by atoms with Crippen molar-refractivity contribution in [1.29, 1.82) is 0 Å². The third-order valence-electron chi connectivity index (χ3n) is 4.13. The van der Waals surface area contributed by atoms with Gasteiger partial charge >= 0.3 is 6.09 Å². The summed E-state index contributed by atoms with van der Waals surface area (Å²) in [4.78, 5) is 12.9. The van der Waals surface area contributed by atoms with E-state index in [0.717, 1.165) is 35.7 Å². The number of methoxy groups -OCH3 is 1. The summed E-state index contributed by atoms with van der Waals surface area (Å²) >= 11 is 9.88. The van der Waals surface area contributed by atoms with Crippen molar-refractivity contribution >= 4 is 44.5 Å². The van der Waals surface area contributed by atoms with Crippen LogP contribution in [0.3, 0.4) is 0 Å². The maximum absolute atomic E-state index is 11.4. The van der Waals surface area contributed by atoms with Crippen molar-refractivity contribution in [1.82, 2.24) is 14.7 Å². The molecule has 0 spiro atoms. The van der Waals surface area contributed by atoms with E-state index in [4.69, 9.17) is 16.3 Å². The fourth-order valence-corrected chi connectivity index (χ4v) is 3.87. The van der Waals surface area contributed by atoms with Crippen LogP contribution in [-0.4, -0.2) is 45.6 Å². The van der Waals surface area contributed by atoms with Crippen LogP contribution in [0.25, 0.3) is 10.9 Å². The zero-order valence-corrected chi connectivity index (χ0v) is 15.7. The van der Waals surface area contributed by atoms with Crippen molar-refractivity contribution < 1.29 is 14.6 Å². The van der Waals surface area contributed by atoms with E-state index in [1.54, 1.807) is 7.11 Å². The zero-order valence-electron chi connectivity index (χ0n) is 13.3. The third-order valence-corrected chi connectivity index (χ3v) is 4.98. The molecule has 0 bridgehead atoms. The maximum atomic E-state index is 11.4. The average molecular weight is 417 g/mol. The summed E-state index contributed by atoms with van der Waals surface area (Å²) in [5, 5.41) is 15.3. The van der Waals surface area contributed by atoms with E-state index in [1.165, 1.54) is 4.90 Å². The number of amides is 1. The van der Waals surface area contributed by atoms with Crippen molar-refractivity contribution in [3.05, 3.63) is 27.3 Å². The molecule has 1 amide bonds. The first-order valence-corrected chi connectivity index (χ1v) is 9.01. The van der Waals surface area contributed by atoms with E-state index in [-0.39, 0.29) is 6.04 Å². The number of hydrogen-bond acceptors (Lipinski definition) is 3. The van der Waals surface area contributed by atoms with E-state index in [1.807, 2.05) is 16.8 Å². The van der Waals surface area contributed by atoms with Gasteiger partial charge in [0.25, 0.3) is 0 Å². The lowest BCUT2D eigenvalue weighted by molar-refractivity contribution is 0.139. The molecule has 1 N–H and O–H groups in total. The molecule has 1 aliphatic carbocycles. The molecule has 1 aliphatic rings. The predicted octanol–water partition coefficient (Wildman–Crippen LogP) is 4.13. The molecule has 1 aromatic heterocycles. The molecule has 1 fully saturated rings. The van der Waals surface area contributed by atoms with Crippen LogP contribution < -0.4 is 0 Å². The van der Waals surface area contributed by atoms with Crippen LogP contribution in [0.1, 0.15) is 24.8 Å². The number of nitrogens with zero attached hydrogens (tertiary/aromatic N) is 3. The summed E-state index contributed by atoms with van der Waals surface area (Å²) in [7, 11) is 1.67. The predicted molar refractivity (Wildman–Crippen MR) is 95.5 cm³/mol. The smallest absolute Gasteiger partial charge is 0.407 e. The van der Waals surface area contributed by atoms with Gasteiger partial charge in [0, 0.05) is 32.8 Å². The van der Waals surface area contributed by atoms with Gasteiger partial charge in [0.05, 0.1) is 15.9 Å². The van der Waals surface area contributed by atoms with Crippen molar-refractivity contribution in [3.63, 3.8) is 0 Å². The van der Waals surface area contributed by atoms with Gasteiger partial charge in [-0.2, -0.15) is 5.10 Å². The molecule has 0 aliphatic heterocycles. The van der Waals surface area contributed by atoms with Gasteiger partial charge in [-0.15, -0.1) is 0 Å². The minimum atomic E-state index is -0.886. The lowest BCUT2D eigenvalue weighted by Crippen LogP contribution is -2.30. The quantitative estimate of drug-likeness (QED) is 0.689. The standard InChI is InChI=1S/C16H19BrClN3O3/c1-24-6-2-5-21-13-8-10(7-12(18)14(13)15(17)19-21)9-20(16(22)23)11-3-4-11/h7-8,11H,2-6,9H2,1H3,(H,22,23). The van der Waals surface area contributed by atoms with Crippen molar-refractivity contribution in [3.8, 4) is 0 Å². The number of aryl methyl sites for hydroxylation is 1. The van der Waals surface area contributed by atoms with Crippen LogP contribution in [0.2, 0.25) is 5.02 Å². The number of fused-ring (bicyclic) bond motifs is 1. The van der Waals surface area contributed by atoms with Gasteiger partial charge in [0.1, 0.15) is 4.60 Å². The van der Waals surface area contributed by atoms with Gasteiger partial charge in [0.2, 0.25) is 0 Å². The summed E-state index contributed by atoms with van der Waals surface area (Å²) in [6.07, 6.45) is 1.82. The molecule has 2 aromatic rings. The zero-order chi connectivity index (χ0) is 17.3. The molecular weight excluding hydrogens is 398 g/mol. The minimum absolute atomic E-state index is 0.135. The van der Waals surface area contributed by atoms with Gasteiger partial charge in [0.15, 0.2) is 0 Å². The second-order valence-electron chi connectivity index (χ2n) is 5.97. The Morgan fingerprint density at radius 3 is 2.92 bits per heavy atom. The van der Waals surface area contributed by atoms with Gasteiger partial charge < -0.3 is 14.7 Å². The molecule has 0 radical (unpaired) electrons. The molecule has 0 saturated heterocycles. The van der Waals surface area contributed by atoms with Crippen LogP contribution in [0.15, 0.2) is 16.7 Å². The molecule has 8 heteroatoms. The van der Waals surface area contributed by atoms with Gasteiger partial charge in [-0.25, -0.2) is 4.79 Å². The van der Waals surface area contributed by atoms with Gasteiger partial charge in [-0.05, 0) is 52.9 Å². The number of halogens is 2. The first-order chi connectivity index (χ1) is 11.5. The number of benzene rings is 1. The lowest BCUT2D eigenvalue weighted by atomic mass is 10.1. The highest BCUT2D eigenvalue weighted by molar-refractivity contribution is 9.10. The first kappa shape index (κ1) is 17.5. The fraction of sp³-hybridized carbons (Fsp3) is 0.500. The second-order valence-corrected chi connectivity index (χ2v) is 7.13. The SMILES string of the molecule is COCCCn1nc(Br)c2c(Cl)cc(CN(C(=O)O)C3CC3)cc21. The highest BCUT2D eigenvalue weighted by Crippen LogP contribution is 2.34. The summed E-state index contributed by atoms with van der Waals surface area (Å²) in [5.74, 6) is 0. The second kappa shape index (κ2) is 7.29. The third kappa shape index (κ3) is 3.68. The Hall–Kier alpha value is -1.31. The Morgan fingerprint density at radius 1 is 1.54 bits per heavy atom. The molecule has 0 atom stereocenters. The van der Waals surface area contributed by atoms with Crippen LogP contribution in [-0.2, 0) is 17.8 Å². The highest BCUT2D eigenvalue weighted by atomic mass is 79.9. The first-order valence-electron chi connectivity index (χ1n) is 7.84. The average Bonchev–Trinajstić information content (AvgIpc) is 3.30. The Bertz CT molecular complexity index is 761. The highest BCUT2D eigenvalue weighted by Gasteiger charge is 2.32. The number of carbonyl (C=O) groups is 1. The molecule has 0 unspecified atom stereocenters. The molecule has 1 heterocycles. The van der Waals surface area contributed by atoms with E-state index in [9.17, 15) is 9.90 Å². The van der Waals surface area contributed by atoms with Crippen LogP contribution in [0.5, 0.6) is 0 Å². The molecule has 130 valence electrons. The summed E-state index contributed by atoms with van der Waals surface area (Å²) < 4.78 is 7.67. The topological polar surface area (TPSA) is 67.6 Å². The Labute approximate surface area is 153 Å². The fourth-order valence-electron chi connectivity index (χ4n) is 2.82. The van der Waals surface area contributed by atoms with E-state index in [2.05, 4.69) is 21.0 Å². The minimum Gasteiger partial charge on any atom is -0.465 e. The molecular formula is C16H19BrClN3O3. The van der Waals surface area contributed by atoms with Gasteiger partial charge in [-0.1, -0.05) is 11.6 Å². The monoisotopic (exact) mass is 415 g/mol. The molecule has 3 rings (SSSR count). The largest absolute Gasteiger partial charge is 0.465 e. The van der Waals surface area contributed by atoms with Gasteiger partial charge in [-0.3, -0.25) is 4.68 Å².